The van der Waals surface area contributed by atoms with E-state index in [1.165, 1.54) is 45.1 Å². The number of aryl methyl sites for hydroxylation is 1. The van der Waals surface area contributed by atoms with Crippen LogP contribution >= 0.6 is 0 Å². The maximum atomic E-state index is 5.66. The largest absolute Gasteiger partial charge is 0.465 e. The van der Waals surface area contributed by atoms with Gasteiger partial charge in [0, 0.05) is 12.1 Å². The molecule has 106 valence electrons. The zero-order chi connectivity index (χ0) is 13.1. The van der Waals surface area contributed by atoms with Gasteiger partial charge in [-0.15, -0.1) is 0 Å². The van der Waals surface area contributed by atoms with Gasteiger partial charge in [-0.2, -0.15) is 0 Å². The summed E-state index contributed by atoms with van der Waals surface area (Å²) in [5, 5.41) is 7.44. The molecule has 1 saturated heterocycles. The normalized spacial score (nSPS) is 31.7. The van der Waals surface area contributed by atoms with Gasteiger partial charge in [0.25, 0.3) is 0 Å². The standard InChI is InChI=1S/C16H26N2O/c1-12-8-9-13(19-12)11-18-16-6-3-2-5-14(16)15-7-4-10-17-15/h8-9,14-18H,2-7,10-11H2,1H3. The monoisotopic (exact) mass is 262 g/mol. The molecule has 0 radical (unpaired) electrons. The Kier molecular flexibility index (Phi) is 4.24. The summed E-state index contributed by atoms with van der Waals surface area (Å²) in [5.74, 6) is 2.89. The molecule has 2 fully saturated rings. The average Bonchev–Trinajstić information content (AvgIpc) is 3.08. The first kappa shape index (κ1) is 13.2. The number of nitrogens with one attached hydrogen (secondary N) is 2. The van der Waals surface area contributed by atoms with Crippen molar-refractivity contribution in [2.24, 2.45) is 5.92 Å². The van der Waals surface area contributed by atoms with Crippen molar-refractivity contribution in [1.82, 2.24) is 10.6 Å². The van der Waals surface area contributed by atoms with Crippen LogP contribution in [0.3, 0.4) is 0 Å². The molecule has 1 aromatic heterocycles. The lowest BCUT2D eigenvalue weighted by molar-refractivity contribution is 0.210. The fourth-order valence-electron chi connectivity index (χ4n) is 3.78. The van der Waals surface area contributed by atoms with Crippen LogP contribution in [0.2, 0.25) is 0 Å². The highest BCUT2D eigenvalue weighted by atomic mass is 16.3. The zero-order valence-corrected chi connectivity index (χ0v) is 12.0. The van der Waals surface area contributed by atoms with Gasteiger partial charge in [-0.1, -0.05) is 12.8 Å². The predicted octanol–water partition coefficient (Wildman–Crippen LogP) is 2.99. The molecule has 0 spiro atoms. The van der Waals surface area contributed by atoms with Crippen molar-refractivity contribution >= 4 is 0 Å². The average molecular weight is 262 g/mol. The van der Waals surface area contributed by atoms with Gasteiger partial charge in [-0.3, -0.25) is 0 Å². The van der Waals surface area contributed by atoms with Crippen molar-refractivity contribution in [1.29, 1.82) is 0 Å². The first-order valence-electron chi connectivity index (χ1n) is 7.85. The topological polar surface area (TPSA) is 37.2 Å². The third kappa shape index (κ3) is 3.21. The molecular formula is C16H26N2O. The SMILES string of the molecule is Cc1ccc(CNC2CCCCC2C2CCCN2)o1. The second kappa shape index (κ2) is 6.10. The summed E-state index contributed by atoms with van der Waals surface area (Å²) in [6.07, 6.45) is 8.20. The van der Waals surface area contributed by atoms with Crippen LogP contribution in [-0.4, -0.2) is 18.6 Å². The van der Waals surface area contributed by atoms with E-state index in [1.807, 2.05) is 13.0 Å². The van der Waals surface area contributed by atoms with Crippen molar-refractivity contribution < 1.29 is 4.42 Å². The minimum atomic E-state index is 0.662. The molecule has 2 N–H and O–H groups in total. The molecule has 0 bridgehead atoms. The molecule has 3 heteroatoms. The molecule has 3 rings (SSSR count). The van der Waals surface area contributed by atoms with Gasteiger partial charge in [0.15, 0.2) is 0 Å². The fourth-order valence-corrected chi connectivity index (χ4v) is 3.78. The van der Waals surface area contributed by atoms with Crippen LogP contribution in [0.25, 0.3) is 0 Å². The molecule has 0 aromatic carbocycles. The lowest BCUT2D eigenvalue weighted by Gasteiger charge is -2.36. The highest BCUT2D eigenvalue weighted by molar-refractivity contribution is 5.05. The van der Waals surface area contributed by atoms with Gasteiger partial charge in [-0.25, -0.2) is 0 Å². The molecule has 19 heavy (non-hydrogen) atoms. The maximum absolute atomic E-state index is 5.66. The number of rotatable bonds is 4. The van der Waals surface area contributed by atoms with Crippen LogP contribution in [0, 0.1) is 12.8 Å². The molecule has 2 aliphatic rings. The van der Waals surface area contributed by atoms with Gasteiger partial charge in [0.1, 0.15) is 11.5 Å². The Morgan fingerprint density at radius 2 is 2.11 bits per heavy atom. The third-order valence-electron chi connectivity index (χ3n) is 4.77. The van der Waals surface area contributed by atoms with Crippen LogP contribution in [-0.2, 0) is 6.54 Å². The Morgan fingerprint density at radius 3 is 2.84 bits per heavy atom. The Hall–Kier alpha value is -0.800. The minimum absolute atomic E-state index is 0.662. The molecule has 2 heterocycles. The van der Waals surface area contributed by atoms with E-state index in [2.05, 4.69) is 16.7 Å². The van der Waals surface area contributed by atoms with E-state index in [0.29, 0.717) is 6.04 Å². The Balaban J connectivity index is 1.57. The van der Waals surface area contributed by atoms with E-state index in [1.54, 1.807) is 0 Å². The van der Waals surface area contributed by atoms with Crippen molar-refractivity contribution in [2.45, 2.75) is 64.1 Å². The van der Waals surface area contributed by atoms with Crippen LogP contribution in [0.5, 0.6) is 0 Å². The fraction of sp³-hybridized carbons (Fsp3) is 0.750. The Bertz CT molecular complexity index is 395. The van der Waals surface area contributed by atoms with E-state index < -0.39 is 0 Å². The minimum Gasteiger partial charge on any atom is -0.465 e. The molecule has 1 aromatic rings. The van der Waals surface area contributed by atoms with E-state index in [0.717, 1.165) is 30.0 Å². The molecule has 1 aliphatic heterocycles. The quantitative estimate of drug-likeness (QED) is 0.876. The predicted molar refractivity (Wildman–Crippen MR) is 77.1 cm³/mol. The summed E-state index contributed by atoms with van der Waals surface area (Å²) >= 11 is 0. The summed E-state index contributed by atoms with van der Waals surface area (Å²) in [6, 6.07) is 5.55. The zero-order valence-electron chi connectivity index (χ0n) is 12.0. The lowest BCUT2D eigenvalue weighted by Crippen LogP contribution is -2.46. The first-order chi connectivity index (χ1) is 9.33. The van der Waals surface area contributed by atoms with Gasteiger partial charge in [-0.05, 0) is 57.2 Å². The van der Waals surface area contributed by atoms with Crippen molar-refractivity contribution in [3.63, 3.8) is 0 Å². The van der Waals surface area contributed by atoms with Gasteiger partial charge < -0.3 is 15.1 Å². The third-order valence-corrected chi connectivity index (χ3v) is 4.77. The second-order valence-corrected chi connectivity index (χ2v) is 6.15. The molecular weight excluding hydrogens is 236 g/mol. The molecule has 3 atom stereocenters. The van der Waals surface area contributed by atoms with Crippen LogP contribution in [0.1, 0.15) is 50.0 Å². The Labute approximate surface area is 116 Å². The van der Waals surface area contributed by atoms with Crippen LogP contribution < -0.4 is 10.6 Å². The molecule has 1 aliphatic carbocycles. The summed E-state index contributed by atoms with van der Waals surface area (Å²) in [6.45, 7) is 4.10. The summed E-state index contributed by atoms with van der Waals surface area (Å²) in [7, 11) is 0. The summed E-state index contributed by atoms with van der Waals surface area (Å²) < 4.78 is 5.66. The molecule has 0 amide bonds. The Morgan fingerprint density at radius 1 is 1.21 bits per heavy atom. The highest BCUT2D eigenvalue weighted by Gasteiger charge is 2.32. The van der Waals surface area contributed by atoms with Gasteiger partial charge >= 0.3 is 0 Å². The van der Waals surface area contributed by atoms with E-state index >= 15 is 0 Å². The number of furan rings is 1. The van der Waals surface area contributed by atoms with Crippen molar-refractivity contribution in [2.75, 3.05) is 6.54 Å². The summed E-state index contributed by atoms with van der Waals surface area (Å²) in [5.41, 5.74) is 0. The van der Waals surface area contributed by atoms with Crippen molar-refractivity contribution in [3.8, 4) is 0 Å². The van der Waals surface area contributed by atoms with Gasteiger partial charge in [0.05, 0.1) is 6.54 Å². The van der Waals surface area contributed by atoms with E-state index in [-0.39, 0.29) is 0 Å². The van der Waals surface area contributed by atoms with Crippen LogP contribution in [0.4, 0.5) is 0 Å². The summed E-state index contributed by atoms with van der Waals surface area (Å²) in [4.78, 5) is 0. The lowest BCUT2D eigenvalue weighted by atomic mass is 9.79. The molecule has 1 saturated carbocycles. The van der Waals surface area contributed by atoms with E-state index in [4.69, 9.17) is 4.42 Å². The smallest absolute Gasteiger partial charge is 0.117 e. The van der Waals surface area contributed by atoms with Crippen molar-refractivity contribution in [3.05, 3.63) is 23.7 Å². The second-order valence-electron chi connectivity index (χ2n) is 6.15. The molecule has 3 unspecified atom stereocenters. The maximum Gasteiger partial charge on any atom is 0.117 e. The first-order valence-corrected chi connectivity index (χ1v) is 7.85. The highest BCUT2D eigenvalue weighted by Crippen LogP contribution is 2.30. The van der Waals surface area contributed by atoms with Gasteiger partial charge in [0.2, 0.25) is 0 Å². The van der Waals surface area contributed by atoms with Crippen LogP contribution in [0.15, 0.2) is 16.5 Å². The van der Waals surface area contributed by atoms with E-state index in [9.17, 15) is 0 Å². The number of hydrogen-bond donors (Lipinski definition) is 2. The molecule has 3 nitrogen and oxygen atoms in total. The number of hydrogen-bond acceptors (Lipinski definition) is 3.